The van der Waals surface area contributed by atoms with Gasteiger partial charge in [0.1, 0.15) is 11.1 Å². The lowest BCUT2D eigenvalue weighted by atomic mass is 9.97. The molecule has 0 spiro atoms. The Morgan fingerprint density at radius 1 is 0.378 bits per heavy atom. The summed E-state index contributed by atoms with van der Waals surface area (Å²) in [5.74, 6) is 1.78. The quantitative estimate of drug-likeness (QED) is 0.209. The summed E-state index contributed by atoms with van der Waals surface area (Å²) in [5.41, 5.74) is 7.91. The number of aromatic nitrogens is 4. The molecule has 0 N–H and O–H groups in total. The second-order valence-corrected chi connectivity index (χ2v) is 11.1. The summed E-state index contributed by atoms with van der Waals surface area (Å²) in [6, 6.07) is 49.4. The van der Waals surface area contributed by atoms with E-state index in [1.807, 2.05) is 78.9 Å². The summed E-state index contributed by atoms with van der Waals surface area (Å²) >= 11 is 0. The Labute approximate surface area is 258 Å². The van der Waals surface area contributed by atoms with Crippen molar-refractivity contribution in [2.45, 2.75) is 0 Å². The van der Waals surface area contributed by atoms with Gasteiger partial charge in [-0.25, -0.2) is 19.9 Å². The normalized spacial score (nSPS) is 11.6. The Hall–Kier alpha value is -6.20. The molecule has 0 aliphatic carbocycles. The Kier molecular flexibility index (Phi) is 5.74. The minimum atomic E-state index is 0.563. The number of fused-ring (bicyclic) bond motifs is 5. The topological polar surface area (TPSA) is 64.7 Å². The Morgan fingerprint density at radius 2 is 1.00 bits per heavy atom. The van der Waals surface area contributed by atoms with Crippen LogP contribution < -0.4 is 0 Å². The van der Waals surface area contributed by atoms with Gasteiger partial charge in [-0.2, -0.15) is 0 Å². The first-order valence-electron chi connectivity index (χ1n) is 14.9. The Morgan fingerprint density at radius 3 is 1.73 bits per heavy atom. The molecule has 9 rings (SSSR count). The molecule has 9 aromatic rings. The number of para-hydroxylation sites is 1. The van der Waals surface area contributed by atoms with Gasteiger partial charge in [0.05, 0.1) is 10.9 Å². The van der Waals surface area contributed by atoms with Crippen molar-refractivity contribution in [2.75, 3.05) is 0 Å². The number of pyridine rings is 1. The van der Waals surface area contributed by atoms with Gasteiger partial charge in [-0.15, -0.1) is 0 Å². The van der Waals surface area contributed by atoms with Gasteiger partial charge >= 0.3 is 0 Å². The molecule has 6 aromatic carbocycles. The molecule has 5 nitrogen and oxygen atoms in total. The van der Waals surface area contributed by atoms with Crippen LogP contribution in [0.2, 0.25) is 0 Å². The zero-order valence-corrected chi connectivity index (χ0v) is 24.1. The molecule has 0 unspecified atom stereocenters. The van der Waals surface area contributed by atoms with Crippen LogP contribution in [0.1, 0.15) is 0 Å². The average Bonchev–Trinajstić information content (AvgIpc) is 3.47. The first-order valence-corrected chi connectivity index (χ1v) is 14.9. The number of rotatable bonds is 4. The molecule has 0 saturated heterocycles. The molecule has 0 atom stereocenters. The van der Waals surface area contributed by atoms with Crippen molar-refractivity contribution in [3.05, 3.63) is 146 Å². The largest absolute Gasteiger partial charge is 0.454 e. The van der Waals surface area contributed by atoms with E-state index in [2.05, 4.69) is 66.7 Å². The third-order valence-electron chi connectivity index (χ3n) is 8.27. The third kappa shape index (κ3) is 4.41. The monoisotopic (exact) mass is 576 g/mol. The van der Waals surface area contributed by atoms with E-state index in [4.69, 9.17) is 24.4 Å². The molecule has 5 heteroatoms. The second-order valence-electron chi connectivity index (χ2n) is 11.1. The fraction of sp³-hybridized carbons (Fsp3) is 0. The van der Waals surface area contributed by atoms with Crippen molar-refractivity contribution >= 4 is 43.7 Å². The van der Waals surface area contributed by atoms with Gasteiger partial charge in [-0.3, -0.25) is 0 Å². The molecule has 0 amide bonds. The smallest absolute Gasteiger partial charge is 0.164 e. The van der Waals surface area contributed by atoms with Gasteiger partial charge in [-0.1, -0.05) is 115 Å². The highest BCUT2D eigenvalue weighted by Gasteiger charge is 2.21. The zero-order chi connectivity index (χ0) is 29.7. The van der Waals surface area contributed by atoms with Crippen molar-refractivity contribution in [2.24, 2.45) is 0 Å². The van der Waals surface area contributed by atoms with Crippen LogP contribution in [0.15, 0.2) is 150 Å². The first-order chi connectivity index (χ1) is 22.3. The predicted octanol–water partition coefficient (Wildman–Crippen LogP) is 10.1. The lowest BCUT2D eigenvalue weighted by Gasteiger charge is -2.11. The lowest BCUT2D eigenvalue weighted by molar-refractivity contribution is 0.669. The lowest BCUT2D eigenvalue weighted by Crippen LogP contribution is -2.00. The molecule has 0 bridgehead atoms. The second kappa shape index (κ2) is 10.2. The first kappa shape index (κ1) is 25.3. The molecule has 3 heterocycles. The molecular formula is C40H24N4O. The number of furan rings is 1. The van der Waals surface area contributed by atoms with Gasteiger partial charge in [0.25, 0.3) is 0 Å². The van der Waals surface area contributed by atoms with E-state index >= 15 is 0 Å². The van der Waals surface area contributed by atoms with Crippen LogP contribution in [0.3, 0.4) is 0 Å². The third-order valence-corrected chi connectivity index (χ3v) is 8.27. The number of hydrogen-bond acceptors (Lipinski definition) is 5. The van der Waals surface area contributed by atoms with Crippen LogP contribution >= 0.6 is 0 Å². The minimum absolute atomic E-state index is 0.563. The van der Waals surface area contributed by atoms with E-state index < -0.39 is 0 Å². The van der Waals surface area contributed by atoms with E-state index in [1.165, 1.54) is 10.8 Å². The van der Waals surface area contributed by atoms with Crippen molar-refractivity contribution in [3.8, 4) is 45.3 Å². The van der Waals surface area contributed by atoms with Crippen molar-refractivity contribution in [1.82, 2.24) is 19.9 Å². The fourth-order valence-electron chi connectivity index (χ4n) is 6.05. The Balaban J connectivity index is 1.37. The maximum atomic E-state index is 6.57. The molecule has 210 valence electrons. The zero-order valence-electron chi connectivity index (χ0n) is 24.1. The summed E-state index contributed by atoms with van der Waals surface area (Å²) in [4.78, 5) is 20.2. The van der Waals surface area contributed by atoms with Crippen LogP contribution in [0.5, 0.6) is 0 Å². The summed E-state index contributed by atoms with van der Waals surface area (Å²) in [6.45, 7) is 0. The highest BCUT2D eigenvalue weighted by atomic mass is 16.3. The molecule has 45 heavy (non-hydrogen) atoms. The summed E-state index contributed by atoms with van der Waals surface area (Å²) in [5, 5.41) is 4.27. The number of hydrogen-bond donors (Lipinski definition) is 0. The number of nitrogens with zero attached hydrogens (tertiary/aromatic N) is 4. The summed E-state index contributed by atoms with van der Waals surface area (Å²) in [7, 11) is 0. The highest BCUT2D eigenvalue weighted by Crippen LogP contribution is 2.40. The average molecular weight is 577 g/mol. The summed E-state index contributed by atoms with van der Waals surface area (Å²) < 4.78 is 6.57. The molecule has 0 saturated carbocycles. The maximum Gasteiger partial charge on any atom is 0.164 e. The van der Waals surface area contributed by atoms with Gasteiger partial charge in [0, 0.05) is 22.1 Å². The van der Waals surface area contributed by atoms with E-state index in [-0.39, 0.29) is 0 Å². The Bertz CT molecular complexity index is 2480. The van der Waals surface area contributed by atoms with Crippen molar-refractivity contribution < 1.29 is 4.42 Å². The fourth-order valence-corrected chi connectivity index (χ4v) is 6.05. The van der Waals surface area contributed by atoms with Gasteiger partial charge in [0.2, 0.25) is 0 Å². The van der Waals surface area contributed by atoms with E-state index in [0.29, 0.717) is 17.5 Å². The van der Waals surface area contributed by atoms with Crippen molar-refractivity contribution in [1.29, 1.82) is 0 Å². The minimum Gasteiger partial charge on any atom is -0.454 e. The van der Waals surface area contributed by atoms with Gasteiger partial charge in [-0.05, 0) is 52.2 Å². The van der Waals surface area contributed by atoms with Crippen LogP contribution in [0.4, 0.5) is 0 Å². The molecular weight excluding hydrogens is 552 g/mol. The van der Waals surface area contributed by atoms with Crippen LogP contribution in [0, 0.1) is 0 Å². The molecule has 0 radical (unpaired) electrons. The molecule has 0 fully saturated rings. The molecule has 0 aliphatic heterocycles. The van der Waals surface area contributed by atoms with Crippen LogP contribution in [-0.4, -0.2) is 19.9 Å². The standard InChI is InChI=1S/C40H24N4O/c1-3-12-26(13-4-1)38-42-39(27-14-5-2-6-15-27)44-40(43-38)32-22-31(29-20-19-25-11-7-8-16-28(25)21-29)24-34-36(32)37-35(45-34)23-30-17-9-10-18-33(30)41-37/h1-24H. The predicted molar refractivity (Wildman–Crippen MR) is 182 cm³/mol. The SMILES string of the molecule is c1ccc(-c2nc(-c3ccccc3)nc(-c3cc(-c4ccc5ccccc5c4)cc4oc5cc6ccccc6nc5c34)n2)cc1. The number of benzene rings is 6. The molecule has 3 aromatic heterocycles. The van der Waals surface area contributed by atoms with E-state index in [9.17, 15) is 0 Å². The summed E-state index contributed by atoms with van der Waals surface area (Å²) in [6.07, 6.45) is 0. The van der Waals surface area contributed by atoms with Crippen LogP contribution in [-0.2, 0) is 0 Å². The van der Waals surface area contributed by atoms with E-state index in [0.717, 1.165) is 60.8 Å². The van der Waals surface area contributed by atoms with E-state index in [1.54, 1.807) is 0 Å². The van der Waals surface area contributed by atoms with Crippen LogP contribution in [0.25, 0.3) is 89.0 Å². The van der Waals surface area contributed by atoms with Gasteiger partial charge < -0.3 is 4.42 Å². The molecule has 0 aliphatic rings. The van der Waals surface area contributed by atoms with Gasteiger partial charge in [0.15, 0.2) is 23.1 Å². The maximum absolute atomic E-state index is 6.57. The van der Waals surface area contributed by atoms with Crippen molar-refractivity contribution in [3.63, 3.8) is 0 Å². The highest BCUT2D eigenvalue weighted by molar-refractivity contribution is 6.13.